The fourth-order valence-corrected chi connectivity index (χ4v) is 2.77. The van der Waals surface area contributed by atoms with Gasteiger partial charge in [-0.1, -0.05) is 12.1 Å². The number of alkyl halides is 3. The van der Waals surface area contributed by atoms with E-state index in [0.29, 0.717) is 30.0 Å². The van der Waals surface area contributed by atoms with Crippen molar-refractivity contribution >= 4 is 11.7 Å². The summed E-state index contributed by atoms with van der Waals surface area (Å²) in [5.74, 6) is 0. The summed E-state index contributed by atoms with van der Waals surface area (Å²) in [6.45, 7) is 1.12. The summed E-state index contributed by atoms with van der Waals surface area (Å²) in [6, 6.07) is 7.33. The molecule has 2 amide bonds. The van der Waals surface area contributed by atoms with E-state index in [-0.39, 0.29) is 12.1 Å². The summed E-state index contributed by atoms with van der Waals surface area (Å²) in [7, 11) is 1.46. The van der Waals surface area contributed by atoms with E-state index in [1.165, 1.54) is 11.7 Å². The predicted octanol–water partition coefficient (Wildman–Crippen LogP) is 2.67. The molecule has 0 unspecified atom stereocenters. The Hall–Kier alpha value is -2.55. The zero-order chi connectivity index (χ0) is 18.2. The maximum absolute atomic E-state index is 12.7. The molecule has 2 aromatic rings. The largest absolute Gasteiger partial charge is 0.435 e. The number of benzene rings is 1. The average molecular weight is 353 g/mol. The maximum atomic E-state index is 12.7. The molecule has 1 aliphatic heterocycles. The van der Waals surface area contributed by atoms with Gasteiger partial charge in [0.05, 0.1) is 5.69 Å². The van der Waals surface area contributed by atoms with Gasteiger partial charge in [0.25, 0.3) is 0 Å². The van der Waals surface area contributed by atoms with Crippen molar-refractivity contribution in [1.82, 2.24) is 14.7 Å². The number of hydrogen-bond donors (Lipinski definition) is 2. The molecule has 0 aliphatic carbocycles. The van der Waals surface area contributed by atoms with E-state index in [1.807, 2.05) is 0 Å². The number of rotatable bonds is 2. The van der Waals surface area contributed by atoms with E-state index in [2.05, 4.69) is 10.4 Å². The topological polar surface area (TPSA) is 76.2 Å². The summed E-state index contributed by atoms with van der Waals surface area (Å²) in [5.41, 5.74) is 6.32. The summed E-state index contributed by atoms with van der Waals surface area (Å²) in [4.78, 5) is 13.7. The van der Waals surface area contributed by atoms with Crippen LogP contribution in [0.4, 0.5) is 23.7 Å². The molecule has 1 aromatic heterocycles. The van der Waals surface area contributed by atoms with Crippen molar-refractivity contribution in [2.24, 2.45) is 12.8 Å². The number of aromatic nitrogens is 2. The second kappa shape index (κ2) is 6.40. The molecule has 0 saturated carbocycles. The van der Waals surface area contributed by atoms with Gasteiger partial charge in [-0.15, -0.1) is 0 Å². The van der Waals surface area contributed by atoms with E-state index in [9.17, 15) is 18.0 Å². The lowest BCUT2D eigenvalue weighted by atomic mass is 10.1. The van der Waals surface area contributed by atoms with Crippen molar-refractivity contribution in [2.45, 2.75) is 18.6 Å². The molecule has 0 bridgehead atoms. The molecule has 2 heterocycles. The summed E-state index contributed by atoms with van der Waals surface area (Å²) in [5, 5.41) is 6.25. The zero-order valence-electron chi connectivity index (χ0n) is 13.5. The fourth-order valence-electron chi connectivity index (χ4n) is 2.77. The first-order valence-corrected chi connectivity index (χ1v) is 7.77. The zero-order valence-corrected chi connectivity index (χ0v) is 13.5. The van der Waals surface area contributed by atoms with Crippen molar-refractivity contribution in [2.75, 3.05) is 18.4 Å². The van der Waals surface area contributed by atoms with Crippen LogP contribution in [0.15, 0.2) is 30.3 Å². The number of anilines is 1. The first-order valence-electron chi connectivity index (χ1n) is 7.77. The van der Waals surface area contributed by atoms with Gasteiger partial charge >= 0.3 is 12.2 Å². The normalized spacial score (nSPS) is 17.8. The van der Waals surface area contributed by atoms with Gasteiger partial charge in [0.1, 0.15) is 0 Å². The standard InChI is InChI=1S/C16H18F3N5O/c1-23-13(8-14(22-23)16(17,18)19)10-2-4-12(5-3-10)21-15(25)24-7-6-11(20)9-24/h2-5,8,11H,6-7,9,20H2,1H3,(H,21,25)/t11-/m0/s1. The van der Waals surface area contributed by atoms with Crippen molar-refractivity contribution in [3.05, 3.63) is 36.0 Å². The fraction of sp³-hybridized carbons (Fsp3) is 0.375. The van der Waals surface area contributed by atoms with Crippen LogP contribution in [-0.4, -0.2) is 39.8 Å². The molecular weight excluding hydrogens is 335 g/mol. The van der Waals surface area contributed by atoms with Gasteiger partial charge in [-0.05, 0) is 30.2 Å². The molecule has 9 heteroatoms. The highest BCUT2D eigenvalue weighted by Gasteiger charge is 2.34. The van der Waals surface area contributed by atoms with Crippen molar-refractivity contribution in [1.29, 1.82) is 0 Å². The van der Waals surface area contributed by atoms with Crippen LogP contribution in [0.1, 0.15) is 12.1 Å². The first-order chi connectivity index (χ1) is 11.7. The number of carbonyl (C=O) groups is 1. The summed E-state index contributed by atoms with van der Waals surface area (Å²) in [6.07, 6.45) is -3.71. The summed E-state index contributed by atoms with van der Waals surface area (Å²) < 4.78 is 39.4. The molecule has 6 nitrogen and oxygen atoms in total. The molecule has 1 aliphatic rings. The van der Waals surface area contributed by atoms with Gasteiger partial charge in [0.2, 0.25) is 0 Å². The molecular formula is C16H18F3N5O. The van der Waals surface area contributed by atoms with E-state index < -0.39 is 11.9 Å². The first kappa shape index (κ1) is 17.3. The predicted molar refractivity (Wildman–Crippen MR) is 86.8 cm³/mol. The van der Waals surface area contributed by atoms with E-state index in [1.54, 1.807) is 29.2 Å². The van der Waals surface area contributed by atoms with Crippen LogP contribution in [0.25, 0.3) is 11.3 Å². The second-order valence-electron chi connectivity index (χ2n) is 6.04. The average Bonchev–Trinajstić information content (AvgIpc) is 3.14. The highest BCUT2D eigenvalue weighted by molar-refractivity contribution is 5.89. The Kier molecular flexibility index (Phi) is 4.42. The number of nitrogens with one attached hydrogen (secondary N) is 1. The third-order valence-corrected chi connectivity index (χ3v) is 4.11. The Balaban J connectivity index is 1.72. The molecule has 3 N–H and O–H groups in total. The lowest BCUT2D eigenvalue weighted by molar-refractivity contribution is -0.141. The van der Waals surface area contributed by atoms with Crippen molar-refractivity contribution in [3.8, 4) is 11.3 Å². The SMILES string of the molecule is Cn1nc(C(F)(F)F)cc1-c1ccc(NC(=O)N2CC[C@H](N)C2)cc1. The number of carbonyl (C=O) groups excluding carboxylic acids is 1. The van der Waals surface area contributed by atoms with Gasteiger partial charge in [-0.2, -0.15) is 18.3 Å². The number of hydrogen-bond acceptors (Lipinski definition) is 3. The van der Waals surface area contributed by atoms with E-state index in [0.717, 1.165) is 12.5 Å². The van der Waals surface area contributed by atoms with E-state index >= 15 is 0 Å². The molecule has 134 valence electrons. The quantitative estimate of drug-likeness (QED) is 0.872. The van der Waals surface area contributed by atoms with Crippen molar-refractivity contribution in [3.63, 3.8) is 0 Å². The number of likely N-dealkylation sites (tertiary alicyclic amines) is 1. The number of nitrogens with two attached hydrogens (primary N) is 1. The molecule has 1 fully saturated rings. The molecule has 0 spiro atoms. The Bertz CT molecular complexity index is 769. The minimum Gasteiger partial charge on any atom is -0.326 e. The lowest BCUT2D eigenvalue weighted by Crippen LogP contribution is -2.35. The molecule has 25 heavy (non-hydrogen) atoms. The number of urea groups is 1. The third kappa shape index (κ3) is 3.76. The van der Waals surface area contributed by atoms with Crippen LogP contribution in [0, 0.1) is 0 Å². The number of amides is 2. The Labute approximate surface area is 142 Å². The van der Waals surface area contributed by atoms with Crippen LogP contribution in [-0.2, 0) is 13.2 Å². The van der Waals surface area contributed by atoms with Crippen LogP contribution in [0.2, 0.25) is 0 Å². The minimum atomic E-state index is -4.49. The lowest BCUT2D eigenvalue weighted by Gasteiger charge is -2.16. The Morgan fingerprint density at radius 2 is 2.00 bits per heavy atom. The van der Waals surface area contributed by atoms with E-state index in [4.69, 9.17) is 5.73 Å². The maximum Gasteiger partial charge on any atom is 0.435 e. The van der Waals surface area contributed by atoms with Gasteiger partial charge in [-0.3, -0.25) is 4.68 Å². The van der Waals surface area contributed by atoms with Crippen LogP contribution >= 0.6 is 0 Å². The molecule has 3 rings (SSSR count). The van der Waals surface area contributed by atoms with Gasteiger partial charge in [-0.25, -0.2) is 4.79 Å². The van der Waals surface area contributed by atoms with Crippen LogP contribution in [0.5, 0.6) is 0 Å². The Morgan fingerprint density at radius 1 is 1.32 bits per heavy atom. The molecule has 1 aromatic carbocycles. The number of aryl methyl sites for hydroxylation is 1. The highest BCUT2D eigenvalue weighted by atomic mass is 19.4. The molecule has 1 saturated heterocycles. The number of nitrogens with zero attached hydrogens (tertiary/aromatic N) is 3. The molecule has 0 radical (unpaired) electrons. The molecule has 1 atom stereocenters. The Morgan fingerprint density at radius 3 is 2.52 bits per heavy atom. The van der Waals surface area contributed by atoms with Crippen LogP contribution < -0.4 is 11.1 Å². The highest BCUT2D eigenvalue weighted by Crippen LogP contribution is 2.31. The number of halogens is 3. The van der Waals surface area contributed by atoms with Gasteiger partial charge in [0.15, 0.2) is 5.69 Å². The third-order valence-electron chi connectivity index (χ3n) is 4.11. The summed E-state index contributed by atoms with van der Waals surface area (Å²) >= 11 is 0. The smallest absolute Gasteiger partial charge is 0.326 e. The minimum absolute atomic E-state index is 0.000737. The monoisotopic (exact) mass is 353 g/mol. The second-order valence-corrected chi connectivity index (χ2v) is 6.04. The van der Waals surface area contributed by atoms with Gasteiger partial charge < -0.3 is 16.0 Å². The van der Waals surface area contributed by atoms with Crippen molar-refractivity contribution < 1.29 is 18.0 Å². The van der Waals surface area contributed by atoms with Gasteiger partial charge in [0, 0.05) is 31.9 Å². The van der Waals surface area contributed by atoms with Crippen LogP contribution in [0.3, 0.4) is 0 Å².